The van der Waals surface area contributed by atoms with Crippen LogP contribution in [0.3, 0.4) is 0 Å². The molecule has 0 aromatic rings. The van der Waals surface area contributed by atoms with Gasteiger partial charge in [-0.3, -0.25) is 4.79 Å². The molecule has 0 radical (unpaired) electrons. The summed E-state index contributed by atoms with van der Waals surface area (Å²) in [6.07, 6.45) is 3.45. The molecule has 0 aromatic heterocycles. The van der Waals surface area contributed by atoms with Crippen molar-refractivity contribution in [3.63, 3.8) is 0 Å². The lowest BCUT2D eigenvalue weighted by molar-refractivity contribution is -0.757. The lowest BCUT2D eigenvalue weighted by Crippen LogP contribution is -2.41. The molecule has 106 valence electrons. The highest BCUT2D eigenvalue weighted by molar-refractivity contribution is 5.81. The van der Waals surface area contributed by atoms with Gasteiger partial charge in [0, 0.05) is 6.54 Å². The van der Waals surface area contributed by atoms with E-state index in [1.807, 2.05) is 0 Å². The number of carbonyl (C=O) groups excluding carboxylic acids is 1. The number of nitrogens with one attached hydrogen (secondary N) is 1. The van der Waals surface area contributed by atoms with E-state index in [0.717, 1.165) is 12.8 Å². The van der Waals surface area contributed by atoms with Crippen LogP contribution in [0.2, 0.25) is 0 Å². The van der Waals surface area contributed by atoms with E-state index >= 15 is 0 Å². The predicted molar refractivity (Wildman–Crippen MR) is 66.1 cm³/mol. The summed E-state index contributed by atoms with van der Waals surface area (Å²) in [6.45, 7) is 1.10. The average molecular weight is 262 g/mol. The van der Waals surface area contributed by atoms with Crippen LogP contribution in [0.15, 0.2) is 0 Å². The van der Waals surface area contributed by atoms with Crippen LogP contribution in [-0.2, 0) is 9.63 Å². The lowest BCUT2D eigenvalue weighted by atomic mass is 10.1. The van der Waals surface area contributed by atoms with Crippen LogP contribution in [0.5, 0.6) is 0 Å². The Labute approximate surface area is 106 Å². The van der Waals surface area contributed by atoms with Gasteiger partial charge in [-0.05, 0) is 32.2 Å². The van der Waals surface area contributed by atoms with Crippen molar-refractivity contribution >= 4 is 5.91 Å². The third-order valence-corrected chi connectivity index (χ3v) is 2.37. The van der Waals surface area contributed by atoms with E-state index < -0.39 is 11.1 Å². The van der Waals surface area contributed by atoms with Gasteiger partial charge in [-0.15, -0.1) is 10.1 Å². The van der Waals surface area contributed by atoms with Gasteiger partial charge in [0.2, 0.25) is 5.91 Å². The molecule has 8 nitrogen and oxygen atoms in total. The largest absolute Gasteiger partial charge is 0.355 e. The quantitative estimate of drug-likeness (QED) is 0.262. The molecule has 1 unspecified atom stereocenters. The molecule has 0 aliphatic heterocycles. The van der Waals surface area contributed by atoms with E-state index in [-0.39, 0.29) is 12.5 Å². The number of amides is 1. The van der Waals surface area contributed by atoms with Gasteiger partial charge in [0.25, 0.3) is 5.09 Å². The first kappa shape index (κ1) is 16.6. The highest BCUT2D eigenvalue weighted by Crippen LogP contribution is 1.98. The summed E-state index contributed by atoms with van der Waals surface area (Å²) in [5.74, 6) is -0.192. The second-order valence-corrected chi connectivity index (χ2v) is 3.95. The summed E-state index contributed by atoms with van der Waals surface area (Å²) < 4.78 is 0. The number of nitrogens with two attached hydrogens (primary N) is 2. The molecule has 0 fully saturated rings. The van der Waals surface area contributed by atoms with Gasteiger partial charge in [-0.1, -0.05) is 6.42 Å². The summed E-state index contributed by atoms with van der Waals surface area (Å²) in [5.41, 5.74) is 11.0. The van der Waals surface area contributed by atoms with Crippen LogP contribution in [0.1, 0.15) is 32.1 Å². The minimum absolute atomic E-state index is 0.0470. The highest BCUT2D eigenvalue weighted by Gasteiger charge is 2.11. The molecule has 0 aliphatic carbocycles. The van der Waals surface area contributed by atoms with Crippen LogP contribution in [0, 0.1) is 10.1 Å². The summed E-state index contributed by atoms with van der Waals surface area (Å²) in [5, 5.41) is 11.7. The van der Waals surface area contributed by atoms with Crippen LogP contribution >= 0.6 is 0 Å². The van der Waals surface area contributed by atoms with Crippen molar-refractivity contribution in [1.29, 1.82) is 0 Å². The third kappa shape index (κ3) is 9.79. The maximum atomic E-state index is 11.5. The number of unbranched alkanes of at least 4 members (excludes halogenated alkanes) is 2. The second kappa shape index (κ2) is 10.7. The Hall–Kier alpha value is -1.41. The van der Waals surface area contributed by atoms with Crippen molar-refractivity contribution in [2.45, 2.75) is 38.1 Å². The Morgan fingerprint density at radius 1 is 1.33 bits per heavy atom. The molecule has 0 heterocycles. The van der Waals surface area contributed by atoms with Gasteiger partial charge in [0.05, 0.1) is 12.6 Å². The Balaban J connectivity index is 3.43. The zero-order chi connectivity index (χ0) is 13.8. The smallest absolute Gasteiger partial charge is 0.294 e. The van der Waals surface area contributed by atoms with Crippen LogP contribution < -0.4 is 16.8 Å². The molecular formula is C10H22N4O4. The molecule has 0 saturated carbocycles. The molecule has 0 bridgehead atoms. The monoisotopic (exact) mass is 262 g/mol. The van der Waals surface area contributed by atoms with Gasteiger partial charge < -0.3 is 21.6 Å². The Bertz CT molecular complexity index is 250. The van der Waals surface area contributed by atoms with E-state index in [1.54, 1.807) is 0 Å². The minimum Gasteiger partial charge on any atom is -0.355 e. The van der Waals surface area contributed by atoms with E-state index in [9.17, 15) is 14.9 Å². The van der Waals surface area contributed by atoms with Crippen LogP contribution in [-0.4, -0.2) is 36.7 Å². The summed E-state index contributed by atoms with van der Waals surface area (Å²) in [4.78, 5) is 25.4. The van der Waals surface area contributed by atoms with Crippen molar-refractivity contribution in [3.05, 3.63) is 10.1 Å². The lowest BCUT2D eigenvalue weighted by Gasteiger charge is -2.11. The molecule has 0 saturated heterocycles. The standard InChI is InChI=1S/C10H22N4O4/c11-6-2-1-5-9(12)10(15)13-7-3-4-8-18-14(16)17/h9H,1-8,11-12H2,(H,13,15). The fourth-order valence-corrected chi connectivity index (χ4v) is 1.35. The van der Waals surface area contributed by atoms with Crippen LogP contribution in [0.25, 0.3) is 0 Å². The molecule has 1 atom stereocenters. The number of hydrogen-bond acceptors (Lipinski definition) is 6. The van der Waals surface area contributed by atoms with Crippen molar-refractivity contribution in [1.82, 2.24) is 5.32 Å². The van der Waals surface area contributed by atoms with E-state index in [2.05, 4.69) is 10.2 Å². The Kier molecular flexibility index (Phi) is 9.89. The number of rotatable bonds is 11. The summed E-state index contributed by atoms with van der Waals surface area (Å²) >= 11 is 0. The fraction of sp³-hybridized carbons (Fsp3) is 0.900. The van der Waals surface area contributed by atoms with Crippen molar-refractivity contribution in [2.75, 3.05) is 19.7 Å². The fourth-order valence-electron chi connectivity index (χ4n) is 1.35. The van der Waals surface area contributed by atoms with Crippen LogP contribution in [0.4, 0.5) is 0 Å². The van der Waals surface area contributed by atoms with Gasteiger partial charge >= 0.3 is 0 Å². The number of hydrogen-bond donors (Lipinski definition) is 3. The minimum atomic E-state index is -0.827. The maximum absolute atomic E-state index is 11.5. The van der Waals surface area contributed by atoms with Gasteiger partial charge in [-0.25, -0.2) is 0 Å². The van der Waals surface area contributed by atoms with E-state index in [0.29, 0.717) is 32.4 Å². The van der Waals surface area contributed by atoms with Crippen molar-refractivity contribution in [3.8, 4) is 0 Å². The Morgan fingerprint density at radius 3 is 2.67 bits per heavy atom. The highest BCUT2D eigenvalue weighted by atomic mass is 16.9. The van der Waals surface area contributed by atoms with Crippen molar-refractivity contribution in [2.24, 2.45) is 11.5 Å². The van der Waals surface area contributed by atoms with Gasteiger partial charge in [0.1, 0.15) is 0 Å². The third-order valence-electron chi connectivity index (χ3n) is 2.37. The normalized spacial score (nSPS) is 11.9. The first-order chi connectivity index (χ1) is 8.57. The molecule has 5 N–H and O–H groups in total. The van der Waals surface area contributed by atoms with E-state index in [4.69, 9.17) is 11.5 Å². The zero-order valence-corrected chi connectivity index (χ0v) is 10.5. The number of carbonyl (C=O) groups is 1. The van der Waals surface area contributed by atoms with Gasteiger partial charge in [-0.2, -0.15) is 0 Å². The Morgan fingerprint density at radius 2 is 2.06 bits per heavy atom. The molecular weight excluding hydrogens is 240 g/mol. The predicted octanol–water partition coefficient (Wildman–Crippen LogP) is -0.453. The summed E-state index contributed by atoms with van der Waals surface area (Å²) in [7, 11) is 0. The summed E-state index contributed by atoms with van der Waals surface area (Å²) in [6, 6.07) is -0.508. The van der Waals surface area contributed by atoms with E-state index in [1.165, 1.54) is 0 Å². The molecule has 1 amide bonds. The zero-order valence-electron chi connectivity index (χ0n) is 10.5. The molecule has 0 spiro atoms. The first-order valence-electron chi connectivity index (χ1n) is 6.08. The molecule has 8 heteroatoms. The second-order valence-electron chi connectivity index (χ2n) is 3.95. The average Bonchev–Trinajstić information content (AvgIpc) is 2.33. The number of nitrogens with zero attached hydrogens (tertiary/aromatic N) is 1. The molecule has 18 heavy (non-hydrogen) atoms. The molecule has 0 aromatic carbocycles. The van der Waals surface area contributed by atoms with Crippen molar-refractivity contribution < 1.29 is 14.7 Å². The molecule has 0 rings (SSSR count). The SMILES string of the molecule is NCCCCC(N)C(=O)NCCCCO[N+](=O)[O-]. The van der Waals surface area contributed by atoms with Gasteiger partial charge in [0.15, 0.2) is 0 Å². The molecule has 0 aliphatic rings. The topological polar surface area (TPSA) is 134 Å². The maximum Gasteiger partial charge on any atom is 0.294 e. The first-order valence-corrected chi connectivity index (χ1v) is 6.08.